The molecule has 4 saturated carbocycles. The third-order valence-corrected chi connectivity index (χ3v) is 5.22. The summed E-state index contributed by atoms with van der Waals surface area (Å²) in [6.45, 7) is 0. The number of carbonyl (C=O) groups excluding carboxylic acids is 1. The van der Waals surface area contributed by atoms with E-state index in [0.717, 1.165) is 5.92 Å². The van der Waals surface area contributed by atoms with Crippen molar-refractivity contribution < 1.29 is 4.79 Å². The Kier molecular flexibility index (Phi) is 0.722. The molecule has 2 spiro atoms. The molecule has 1 heteroatoms. The summed E-state index contributed by atoms with van der Waals surface area (Å²) in [5, 5.41) is 0. The first kappa shape index (κ1) is 6.17. The van der Waals surface area contributed by atoms with E-state index in [2.05, 4.69) is 0 Å². The van der Waals surface area contributed by atoms with Gasteiger partial charge in [0.25, 0.3) is 0 Å². The summed E-state index contributed by atoms with van der Waals surface area (Å²) < 4.78 is 0. The van der Waals surface area contributed by atoms with Crippen LogP contribution in [-0.4, -0.2) is 5.78 Å². The Labute approximate surface area is 72.5 Å². The van der Waals surface area contributed by atoms with E-state index in [1.54, 1.807) is 0 Å². The van der Waals surface area contributed by atoms with Crippen LogP contribution in [0.2, 0.25) is 0 Å². The number of fused-ring (bicyclic) bond motifs is 1. The fourth-order valence-electron chi connectivity index (χ4n) is 4.46. The van der Waals surface area contributed by atoms with E-state index in [4.69, 9.17) is 0 Å². The van der Waals surface area contributed by atoms with Crippen LogP contribution in [-0.2, 0) is 4.79 Å². The lowest BCUT2D eigenvalue weighted by molar-refractivity contribution is -0.127. The summed E-state index contributed by atoms with van der Waals surface area (Å²) in [5.74, 6) is 2.07. The van der Waals surface area contributed by atoms with Crippen molar-refractivity contribution in [1.29, 1.82) is 0 Å². The summed E-state index contributed by atoms with van der Waals surface area (Å²) in [7, 11) is 0. The molecule has 12 heavy (non-hydrogen) atoms. The molecular weight excluding hydrogens is 148 g/mol. The van der Waals surface area contributed by atoms with Crippen LogP contribution in [0.3, 0.4) is 0 Å². The SMILES string of the molecule is O=C1C2CCC(C13CC3)C21CC1. The van der Waals surface area contributed by atoms with Crippen LogP contribution in [0.25, 0.3) is 0 Å². The summed E-state index contributed by atoms with van der Waals surface area (Å²) in [6.07, 6.45) is 7.89. The van der Waals surface area contributed by atoms with Crippen molar-refractivity contribution in [2.45, 2.75) is 38.5 Å². The highest BCUT2D eigenvalue weighted by Gasteiger charge is 2.77. The molecule has 0 heterocycles. The highest BCUT2D eigenvalue weighted by molar-refractivity contribution is 5.94. The van der Waals surface area contributed by atoms with Gasteiger partial charge in [-0.3, -0.25) is 4.79 Å². The summed E-state index contributed by atoms with van der Waals surface area (Å²) in [5.41, 5.74) is 0.868. The lowest BCUT2D eigenvalue weighted by Crippen LogP contribution is -2.22. The molecule has 1 nitrogen and oxygen atoms in total. The fraction of sp³-hybridized carbons (Fsp3) is 0.909. The quantitative estimate of drug-likeness (QED) is 0.533. The highest BCUT2D eigenvalue weighted by atomic mass is 16.1. The Balaban J connectivity index is 1.92. The second-order valence-corrected chi connectivity index (χ2v) is 5.44. The maximum absolute atomic E-state index is 12.0. The summed E-state index contributed by atoms with van der Waals surface area (Å²) in [4.78, 5) is 12.0. The predicted molar refractivity (Wildman–Crippen MR) is 44.6 cm³/mol. The lowest BCUT2D eigenvalue weighted by Gasteiger charge is -2.19. The van der Waals surface area contributed by atoms with Crippen molar-refractivity contribution in [3.63, 3.8) is 0 Å². The summed E-state index contributed by atoms with van der Waals surface area (Å²) in [6, 6.07) is 0. The molecule has 0 N–H and O–H groups in total. The Morgan fingerprint density at radius 1 is 1.08 bits per heavy atom. The molecule has 2 unspecified atom stereocenters. The number of hydrogen-bond acceptors (Lipinski definition) is 1. The van der Waals surface area contributed by atoms with Gasteiger partial charge in [0.1, 0.15) is 5.78 Å². The molecule has 0 aliphatic heterocycles. The maximum Gasteiger partial charge on any atom is 0.142 e. The van der Waals surface area contributed by atoms with Crippen molar-refractivity contribution in [3.8, 4) is 0 Å². The van der Waals surface area contributed by atoms with Crippen molar-refractivity contribution >= 4 is 5.78 Å². The summed E-state index contributed by atoms with van der Waals surface area (Å²) >= 11 is 0. The van der Waals surface area contributed by atoms with Gasteiger partial charge in [0.15, 0.2) is 0 Å². The number of hydrogen-bond donors (Lipinski definition) is 0. The van der Waals surface area contributed by atoms with Gasteiger partial charge in [0, 0.05) is 11.3 Å². The smallest absolute Gasteiger partial charge is 0.142 e. The minimum absolute atomic E-state index is 0.277. The highest BCUT2D eigenvalue weighted by Crippen LogP contribution is 2.80. The van der Waals surface area contributed by atoms with Crippen LogP contribution in [0.5, 0.6) is 0 Å². The molecule has 2 atom stereocenters. The molecule has 4 aliphatic carbocycles. The van der Waals surface area contributed by atoms with Gasteiger partial charge in [-0.25, -0.2) is 0 Å². The standard InChI is InChI=1S/C11H14O/c12-9-7-1-2-8(10(7)3-4-10)11(9)5-6-11/h7-8H,1-6H2. The van der Waals surface area contributed by atoms with E-state index in [-0.39, 0.29) is 5.41 Å². The number of carbonyl (C=O) groups is 1. The van der Waals surface area contributed by atoms with Crippen LogP contribution < -0.4 is 0 Å². The average molecular weight is 162 g/mol. The van der Waals surface area contributed by atoms with Crippen molar-refractivity contribution in [2.24, 2.45) is 22.7 Å². The Bertz CT molecular complexity index is 283. The fourth-order valence-corrected chi connectivity index (χ4v) is 4.46. The minimum Gasteiger partial charge on any atom is -0.299 e. The third kappa shape index (κ3) is 0.399. The second kappa shape index (κ2) is 1.40. The van der Waals surface area contributed by atoms with E-state index in [0.29, 0.717) is 17.1 Å². The van der Waals surface area contributed by atoms with E-state index in [9.17, 15) is 4.79 Å². The van der Waals surface area contributed by atoms with Gasteiger partial charge in [0.05, 0.1) is 0 Å². The number of rotatable bonds is 0. The third-order valence-electron chi connectivity index (χ3n) is 5.22. The molecule has 4 fully saturated rings. The largest absolute Gasteiger partial charge is 0.299 e. The van der Waals surface area contributed by atoms with Crippen LogP contribution in [0.1, 0.15) is 38.5 Å². The average Bonchev–Trinajstić information content (AvgIpc) is 2.89. The van der Waals surface area contributed by atoms with Crippen molar-refractivity contribution in [1.82, 2.24) is 0 Å². The molecule has 0 aromatic heterocycles. The maximum atomic E-state index is 12.0. The van der Waals surface area contributed by atoms with Gasteiger partial charge in [-0.1, -0.05) is 0 Å². The molecule has 0 radical (unpaired) electrons. The first-order valence-electron chi connectivity index (χ1n) is 5.34. The van der Waals surface area contributed by atoms with Gasteiger partial charge in [0.2, 0.25) is 0 Å². The normalized spacial score (nSPS) is 49.2. The van der Waals surface area contributed by atoms with E-state index < -0.39 is 0 Å². The van der Waals surface area contributed by atoms with E-state index in [1.165, 1.54) is 38.5 Å². The monoisotopic (exact) mass is 162 g/mol. The molecule has 0 amide bonds. The number of ketones is 1. The van der Waals surface area contributed by atoms with Crippen molar-refractivity contribution in [2.75, 3.05) is 0 Å². The van der Waals surface area contributed by atoms with Gasteiger partial charge in [-0.15, -0.1) is 0 Å². The Morgan fingerprint density at radius 2 is 1.83 bits per heavy atom. The Morgan fingerprint density at radius 3 is 2.25 bits per heavy atom. The van der Waals surface area contributed by atoms with E-state index in [1.807, 2.05) is 0 Å². The van der Waals surface area contributed by atoms with E-state index >= 15 is 0 Å². The molecule has 0 saturated heterocycles. The van der Waals surface area contributed by atoms with Crippen LogP contribution in [0, 0.1) is 22.7 Å². The van der Waals surface area contributed by atoms with Gasteiger partial charge >= 0.3 is 0 Å². The van der Waals surface area contributed by atoms with Crippen molar-refractivity contribution in [3.05, 3.63) is 0 Å². The lowest BCUT2D eigenvalue weighted by atomic mass is 9.83. The Hall–Kier alpha value is -0.330. The minimum atomic E-state index is 0.277. The van der Waals surface area contributed by atoms with Gasteiger partial charge in [-0.05, 0) is 49.9 Å². The molecule has 0 aromatic carbocycles. The number of Topliss-reactive ketones (excluding diaryl/α,β-unsaturated/α-hetero) is 1. The molecule has 64 valence electrons. The molecule has 4 aliphatic rings. The molecule has 0 aromatic rings. The van der Waals surface area contributed by atoms with Crippen LogP contribution in [0.15, 0.2) is 0 Å². The zero-order valence-electron chi connectivity index (χ0n) is 7.31. The molecular formula is C11H14O. The van der Waals surface area contributed by atoms with Crippen LogP contribution >= 0.6 is 0 Å². The zero-order valence-corrected chi connectivity index (χ0v) is 7.31. The first-order valence-corrected chi connectivity index (χ1v) is 5.34. The zero-order chi connectivity index (χ0) is 7.97. The molecule has 2 bridgehead atoms. The molecule has 4 rings (SSSR count). The topological polar surface area (TPSA) is 17.1 Å². The second-order valence-electron chi connectivity index (χ2n) is 5.44. The van der Waals surface area contributed by atoms with Crippen LogP contribution in [0.4, 0.5) is 0 Å². The van der Waals surface area contributed by atoms with Gasteiger partial charge in [-0.2, -0.15) is 0 Å². The first-order chi connectivity index (χ1) is 5.80. The predicted octanol–water partition coefficient (Wildman–Crippen LogP) is 2.16. The van der Waals surface area contributed by atoms with Gasteiger partial charge < -0.3 is 0 Å².